The fourth-order valence-corrected chi connectivity index (χ4v) is 3.10. The number of methoxy groups -OCH3 is 1. The van der Waals surface area contributed by atoms with Crippen molar-refractivity contribution < 1.29 is 23.1 Å². The van der Waals surface area contributed by atoms with E-state index in [-0.39, 0.29) is 17.0 Å². The van der Waals surface area contributed by atoms with Crippen LogP contribution in [0.4, 0.5) is 0 Å². The maximum absolute atomic E-state index is 12.3. The van der Waals surface area contributed by atoms with Gasteiger partial charge in [0.2, 0.25) is 10.0 Å². The quantitative estimate of drug-likeness (QED) is 0.740. The molecule has 6 nitrogen and oxygen atoms in total. The van der Waals surface area contributed by atoms with Crippen LogP contribution in [0, 0.1) is 0 Å². The number of rotatable bonds is 7. The summed E-state index contributed by atoms with van der Waals surface area (Å²) in [5, 5.41) is 10.1. The van der Waals surface area contributed by atoms with Gasteiger partial charge in [-0.3, -0.25) is 0 Å². The third-order valence-corrected chi connectivity index (χ3v) is 4.95. The van der Waals surface area contributed by atoms with Crippen molar-refractivity contribution in [1.29, 1.82) is 0 Å². The average Bonchev–Trinajstić information content (AvgIpc) is 2.52. The van der Waals surface area contributed by atoms with Gasteiger partial charge in [-0.25, -0.2) is 17.9 Å². The molecular formula is C14H21NO5S. The van der Waals surface area contributed by atoms with Crippen LogP contribution < -0.4 is 4.72 Å². The first-order valence-corrected chi connectivity index (χ1v) is 8.17. The molecule has 1 aromatic rings. The number of sulfonamides is 1. The van der Waals surface area contributed by atoms with Crippen molar-refractivity contribution in [2.45, 2.75) is 37.2 Å². The number of nitrogens with one attached hydrogen (secondary N) is 1. The first-order chi connectivity index (χ1) is 9.79. The topological polar surface area (TPSA) is 92.7 Å². The second-order valence-corrected chi connectivity index (χ2v) is 6.48. The number of aliphatic hydroxyl groups is 1. The monoisotopic (exact) mass is 315 g/mol. The molecule has 21 heavy (non-hydrogen) atoms. The summed E-state index contributed by atoms with van der Waals surface area (Å²) in [5.74, 6) is -0.725. The van der Waals surface area contributed by atoms with Crippen molar-refractivity contribution in [3.05, 3.63) is 29.8 Å². The number of carbonyl (C=O) groups is 1. The Morgan fingerprint density at radius 1 is 1.29 bits per heavy atom. The van der Waals surface area contributed by atoms with Gasteiger partial charge >= 0.3 is 5.97 Å². The van der Waals surface area contributed by atoms with Crippen LogP contribution >= 0.6 is 0 Å². The van der Waals surface area contributed by atoms with Gasteiger partial charge in [0.25, 0.3) is 0 Å². The van der Waals surface area contributed by atoms with Gasteiger partial charge in [0.05, 0.1) is 23.2 Å². The van der Waals surface area contributed by atoms with Crippen LogP contribution in [0.1, 0.15) is 37.0 Å². The zero-order valence-corrected chi connectivity index (χ0v) is 13.2. The van der Waals surface area contributed by atoms with E-state index in [2.05, 4.69) is 9.46 Å². The predicted octanol–water partition coefficient (Wildman–Crippen LogP) is 1.30. The van der Waals surface area contributed by atoms with Crippen LogP contribution in [0.2, 0.25) is 0 Å². The van der Waals surface area contributed by atoms with Crippen molar-refractivity contribution in [2.24, 2.45) is 0 Å². The molecule has 118 valence electrons. The third-order valence-electron chi connectivity index (χ3n) is 3.49. The minimum absolute atomic E-state index is 0.0379. The minimum atomic E-state index is -3.91. The maximum atomic E-state index is 12.3. The molecule has 0 saturated heterocycles. The standard InChI is InChI=1S/C14H21NO5S/c1-4-14(17,5-2)10-15-21(18,19)12-9-7-6-8-11(12)13(16)20-3/h6-9,15,17H,4-5,10H2,1-3H3. The molecule has 0 amide bonds. The molecule has 0 atom stereocenters. The van der Waals surface area contributed by atoms with Crippen molar-refractivity contribution in [1.82, 2.24) is 4.72 Å². The molecule has 0 spiro atoms. The van der Waals surface area contributed by atoms with E-state index in [1.54, 1.807) is 19.9 Å². The maximum Gasteiger partial charge on any atom is 0.339 e. The second-order valence-electron chi connectivity index (χ2n) is 4.74. The first kappa shape index (κ1) is 17.6. The Morgan fingerprint density at radius 3 is 2.38 bits per heavy atom. The molecule has 0 radical (unpaired) electrons. The lowest BCUT2D eigenvalue weighted by molar-refractivity contribution is 0.0377. The van der Waals surface area contributed by atoms with Crippen LogP contribution in [0.5, 0.6) is 0 Å². The van der Waals surface area contributed by atoms with E-state index >= 15 is 0 Å². The largest absolute Gasteiger partial charge is 0.465 e. The molecule has 0 aliphatic heterocycles. The Hall–Kier alpha value is -1.44. The number of hydrogen-bond acceptors (Lipinski definition) is 5. The average molecular weight is 315 g/mol. The number of ether oxygens (including phenoxy) is 1. The lowest BCUT2D eigenvalue weighted by atomic mass is 9.98. The molecule has 0 bridgehead atoms. The predicted molar refractivity (Wildman–Crippen MR) is 78.5 cm³/mol. The molecule has 2 N–H and O–H groups in total. The lowest BCUT2D eigenvalue weighted by Gasteiger charge is -2.25. The number of carbonyl (C=O) groups excluding carboxylic acids is 1. The molecule has 7 heteroatoms. The Balaban J connectivity index is 3.07. The first-order valence-electron chi connectivity index (χ1n) is 6.69. The van der Waals surface area contributed by atoms with Gasteiger partial charge in [-0.2, -0.15) is 0 Å². The highest BCUT2D eigenvalue weighted by atomic mass is 32.2. The molecule has 0 aromatic heterocycles. The summed E-state index contributed by atoms with van der Waals surface area (Å²) in [6.07, 6.45) is 0.843. The zero-order valence-electron chi connectivity index (χ0n) is 12.4. The van der Waals surface area contributed by atoms with Gasteiger partial charge in [-0.15, -0.1) is 0 Å². The Labute approximate surface area is 125 Å². The van der Waals surface area contributed by atoms with Gasteiger partial charge in [-0.05, 0) is 25.0 Å². The molecular weight excluding hydrogens is 294 g/mol. The van der Waals surface area contributed by atoms with E-state index in [4.69, 9.17) is 0 Å². The van der Waals surface area contributed by atoms with Gasteiger partial charge in [0.1, 0.15) is 0 Å². The van der Waals surface area contributed by atoms with Crippen LogP contribution in [-0.4, -0.2) is 38.7 Å². The van der Waals surface area contributed by atoms with Gasteiger partial charge < -0.3 is 9.84 Å². The molecule has 0 unspecified atom stereocenters. The Morgan fingerprint density at radius 2 is 1.86 bits per heavy atom. The molecule has 0 heterocycles. The van der Waals surface area contributed by atoms with E-state index in [1.807, 2.05) is 0 Å². The summed E-state index contributed by atoms with van der Waals surface area (Å²) in [4.78, 5) is 11.5. The molecule has 0 saturated carbocycles. The minimum Gasteiger partial charge on any atom is -0.465 e. The number of hydrogen-bond donors (Lipinski definition) is 2. The third kappa shape index (κ3) is 4.26. The van der Waals surface area contributed by atoms with Crippen LogP contribution in [-0.2, 0) is 14.8 Å². The summed E-state index contributed by atoms with van der Waals surface area (Å²) in [6, 6.07) is 5.78. The van der Waals surface area contributed by atoms with Crippen molar-refractivity contribution in [2.75, 3.05) is 13.7 Å². The van der Waals surface area contributed by atoms with Crippen LogP contribution in [0.3, 0.4) is 0 Å². The molecule has 1 rings (SSSR count). The van der Waals surface area contributed by atoms with E-state index in [0.29, 0.717) is 12.8 Å². The van der Waals surface area contributed by atoms with E-state index < -0.39 is 21.6 Å². The highest BCUT2D eigenvalue weighted by Gasteiger charge is 2.28. The van der Waals surface area contributed by atoms with Crippen LogP contribution in [0.25, 0.3) is 0 Å². The van der Waals surface area contributed by atoms with E-state index in [1.165, 1.54) is 25.3 Å². The van der Waals surface area contributed by atoms with Crippen molar-refractivity contribution in [3.63, 3.8) is 0 Å². The van der Waals surface area contributed by atoms with E-state index in [0.717, 1.165) is 0 Å². The van der Waals surface area contributed by atoms with Gasteiger partial charge in [0, 0.05) is 6.54 Å². The summed E-state index contributed by atoms with van der Waals surface area (Å²) in [6.45, 7) is 3.44. The summed E-state index contributed by atoms with van der Waals surface area (Å²) >= 11 is 0. The fraction of sp³-hybridized carbons (Fsp3) is 0.500. The normalized spacial score (nSPS) is 12.2. The number of benzene rings is 1. The summed E-state index contributed by atoms with van der Waals surface area (Å²) < 4.78 is 31.6. The lowest BCUT2D eigenvalue weighted by Crippen LogP contribution is -2.42. The Kier molecular flexibility index (Phi) is 5.88. The van der Waals surface area contributed by atoms with Gasteiger partial charge in [-0.1, -0.05) is 26.0 Å². The van der Waals surface area contributed by atoms with Gasteiger partial charge in [0.15, 0.2) is 0 Å². The van der Waals surface area contributed by atoms with Crippen molar-refractivity contribution in [3.8, 4) is 0 Å². The highest BCUT2D eigenvalue weighted by Crippen LogP contribution is 2.18. The number of esters is 1. The fourth-order valence-electron chi connectivity index (χ4n) is 1.79. The summed E-state index contributed by atoms with van der Waals surface area (Å²) in [5.41, 5.74) is -1.14. The molecule has 0 fully saturated rings. The smallest absolute Gasteiger partial charge is 0.339 e. The highest BCUT2D eigenvalue weighted by molar-refractivity contribution is 7.89. The van der Waals surface area contributed by atoms with Crippen molar-refractivity contribution >= 4 is 16.0 Å². The SMILES string of the molecule is CCC(O)(CC)CNS(=O)(=O)c1ccccc1C(=O)OC. The zero-order chi connectivity index (χ0) is 16.1. The molecule has 0 aliphatic rings. The van der Waals surface area contributed by atoms with E-state index in [9.17, 15) is 18.3 Å². The van der Waals surface area contributed by atoms with Crippen LogP contribution in [0.15, 0.2) is 29.2 Å². The second kappa shape index (κ2) is 7.02. The Bertz CT molecular complexity index is 593. The summed E-state index contributed by atoms with van der Waals surface area (Å²) in [7, 11) is -2.72. The molecule has 1 aromatic carbocycles. The molecule has 0 aliphatic carbocycles.